The molecule has 2 rings (SSSR count). The first-order valence-electron chi connectivity index (χ1n) is 6.27. The summed E-state index contributed by atoms with van der Waals surface area (Å²) in [5.41, 5.74) is 1.88. The third-order valence-electron chi connectivity index (χ3n) is 2.75. The van der Waals surface area contributed by atoms with Crippen LogP contribution in [0.25, 0.3) is 0 Å². The largest absolute Gasteiger partial charge is 0.472 e. The van der Waals surface area contributed by atoms with Crippen molar-refractivity contribution in [1.82, 2.24) is 5.32 Å². The van der Waals surface area contributed by atoms with Crippen LogP contribution in [-0.4, -0.2) is 12.6 Å². The Labute approximate surface area is 112 Å². The summed E-state index contributed by atoms with van der Waals surface area (Å²) in [6.45, 7) is 2.72. The van der Waals surface area contributed by atoms with Crippen molar-refractivity contribution in [2.24, 2.45) is 0 Å². The Hall–Kier alpha value is -2.07. The molecule has 19 heavy (non-hydrogen) atoms. The molecule has 0 fully saturated rings. The summed E-state index contributed by atoms with van der Waals surface area (Å²) < 4.78 is 10.1. The van der Waals surface area contributed by atoms with Gasteiger partial charge < -0.3 is 9.15 Å². The summed E-state index contributed by atoms with van der Waals surface area (Å²) in [6, 6.07) is 10.9. The van der Waals surface area contributed by atoms with Gasteiger partial charge in [-0.15, -0.1) is 0 Å². The van der Waals surface area contributed by atoms with Gasteiger partial charge in [-0.25, -0.2) is 4.79 Å². The van der Waals surface area contributed by atoms with E-state index in [-0.39, 0.29) is 5.97 Å². The summed E-state index contributed by atoms with van der Waals surface area (Å²) in [6.07, 6.45) is 3.26. The first-order chi connectivity index (χ1) is 9.31. The molecule has 4 nitrogen and oxygen atoms in total. The normalized spacial score (nSPS) is 12.1. The fourth-order valence-corrected chi connectivity index (χ4v) is 1.82. The predicted molar refractivity (Wildman–Crippen MR) is 71.4 cm³/mol. The molecule has 0 aliphatic heterocycles. The Bertz CT molecular complexity index is 493. The minimum absolute atomic E-state index is 0.266. The van der Waals surface area contributed by atoms with Crippen LogP contribution in [0.3, 0.4) is 0 Å². The minimum atomic E-state index is -0.462. The van der Waals surface area contributed by atoms with Crippen molar-refractivity contribution in [3.63, 3.8) is 0 Å². The monoisotopic (exact) mass is 259 g/mol. The van der Waals surface area contributed by atoms with Gasteiger partial charge in [0.1, 0.15) is 6.04 Å². The standard InChI is InChI=1S/C15H17NO3/c1-2-19-15(17)14(13-6-4-3-5-7-13)16-10-12-8-9-18-11-12/h3-9,11,14,16H,2,10H2,1H3. The van der Waals surface area contributed by atoms with E-state index in [9.17, 15) is 4.79 Å². The van der Waals surface area contributed by atoms with Crippen molar-refractivity contribution in [2.45, 2.75) is 19.5 Å². The third kappa shape index (κ3) is 3.69. The van der Waals surface area contributed by atoms with Gasteiger partial charge in [0, 0.05) is 12.1 Å². The van der Waals surface area contributed by atoms with Crippen LogP contribution >= 0.6 is 0 Å². The second-order valence-corrected chi connectivity index (χ2v) is 4.11. The first kappa shape index (κ1) is 13.4. The molecule has 4 heteroatoms. The number of furan rings is 1. The first-order valence-corrected chi connectivity index (χ1v) is 6.27. The molecule has 0 spiro atoms. The van der Waals surface area contributed by atoms with Gasteiger partial charge in [0.2, 0.25) is 0 Å². The molecule has 1 N–H and O–H groups in total. The van der Waals surface area contributed by atoms with E-state index in [0.717, 1.165) is 11.1 Å². The quantitative estimate of drug-likeness (QED) is 0.810. The molecule has 0 aliphatic carbocycles. The average molecular weight is 259 g/mol. The number of rotatable bonds is 6. The summed E-state index contributed by atoms with van der Waals surface area (Å²) in [5.74, 6) is -0.266. The summed E-state index contributed by atoms with van der Waals surface area (Å²) >= 11 is 0. The van der Waals surface area contributed by atoms with Crippen molar-refractivity contribution in [2.75, 3.05) is 6.61 Å². The molecule has 0 saturated carbocycles. The van der Waals surface area contributed by atoms with E-state index in [1.54, 1.807) is 19.5 Å². The second kappa shape index (κ2) is 6.75. The zero-order chi connectivity index (χ0) is 13.5. The maximum atomic E-state index is 12.0. The number of hydrogen-bond acceptors (Lipinski definition) is 4. The van der Waals surface area contributed by atoms with E-state index in [2.05, 4.69) is 5.32 Å². The lowest BCUT2D eigenvalue weighted by Gasteiger charge is -2.17. The Morgan fingerprint density at radius 3 is 2.74 bits per heavy atom. The zero-order valence-electron chi connectivity index (χ0n) is 10.8. The molecule has 1 atom stereocenters. The highest BCUT2D eigenvalue weighted by molar-refractivity contribution is 5.77. The summed E-state index contributed by atoms with van der Waals surface area (Å²) in [7, 11) is 0. The maximum absolute atomic E-state index is 12.0. The zero-order valence-corrected chi connectivity index (χ0v) is 10.8. The number of carbonyl (C=O) groups is 1. The van der Waals surface area contributed by atoms with Crippen molar-refractivity contribution in [3.8, 4) is 0 Å². The Morgan fingerprint density at radius 1 is 1.32 bits per heavy atom. The number of benzene rings is 1. The number of esters is 1. The molecule has 0 aliphatic rings. The highest BCUT2D eigenvalue weighted by Crippen LogP contribution is 2.15. The van der Waals surface area contributed by atoms with Crippen LogP contribution < -0.4 is 5.32 Å². The van der Waals surface area contributed by atoms with Gasteiger partial charge in [-0.05, 0) is 18.6 Å². The fraction of sp³-hybridized carbons (Fsp3) is 0.267. The molecule has 0 amide bonds. The predicted octanol–water partition coefficient (Wildman–Crippen LogP) is 2.67. The van der Waals surface area contributed by atoms with Crippen molar-refractivity contribution in [1.29, 1.82) is 0 Å². The SMILES string of the molecule is CCOC(=O)C(NCc1ccoc1)c1ccccc1. The molecular formula is C15H17NO3. The van der Waals surface area contributed by atoms with Crippen LogP contribution in [0.15, 0.2) is 53.3 Å². The van der Waals surface area contributed by atoms with Gasteiger partial charge in [0.15, 0.2) is 0 Å². The Morgan fingerprint density at radius 2 is 2.11 bits per heavy atom. The van der Waals surface area contributed by atoms with Crippen molar-refractivity contribution >= 4 is 5.97 Å². The van der Waals surface area contributed by atoms with E-state index < -0.39 is 6.04 Å². The summed E-state index contributed by atoms with van der Waals surface area (Å²) in [5, 5.41) is 3.19. The molecule has 100 valence electrons. The molecule has 0 radical (unpaired) electrons. The van der Waals surface area contributed by atoms with Crippen LogP contribution in [0.5, 0.6) is 0 Å². The van der Waals surface area contributed by atoms with E-state index >= 15 is 0 Å². The van der Waals surface area contributed by atoms with Gasteiger partial charge in [-0.3, -0.25) is 5.32 Å². The summed E-state index contributed by atoms with van der Waals surface area (Å²) in [4.78, 5) is 12.0. The molecule has 1 aromatic carbocycles. The molecule has 0 bridgehead atoms. The Kier molecular flexibility index (Phi) is 4.75. The maximum Gasteiger partial charge on any atom is 0.327 e. The van der Waals surface area contributed by atoms with Crippen LogP contribution in [0.2, 0.25) is 0 Å². The van der Waals surface area contributed by atoms with Gasteiger partial charge in [-0.1, -0.05) is 30.3 Å². The molecule has 1 aromatic heterocycles. The highest BCUT2D eigenvalue weighted by atomic mass is 16.5. The number of carbonyl (C=O) groups excluding carboxylic acids is 1. The molecular weight excluding hydrogens is 242 g/mol. The van der Waals surface area contributed by atoms with Crippen LogP contribution in [-0.2, 0) is 16.1 Å². The van der Waals surface area contributed by atoms with E-state index in [0.29, 0.717) is 13.2 Å². The Balaban J connectivity index is 2.08. The van der Waals surface area contributed by atoms with Crippen LogP contribution in [0.4, 0.5) is 0 Å². The number of ether oxygens (including phenoxy) is 1. The second-order valence-electron chi connectivity index (χ2n) is 4.11. The lowest BCUT2D eigenvalue weighted by atomic mass is 10.1. The smallest absolute Gasteiger partial charge is 0.327 e. The van der Waals surface area contributed by atoms with Crippen LogP contribution in [0.1, 0.15) is 24.1 Å². The lowest BCUT2D eigenvalue weighted by molar-refractivity contribution is -0.145. The fourth-order valence-electron chi connectivity index (χ4n) is 1.82. The molecule has 1 unspecified atom stereocenters. The van der Waals surface area contributed by atoms with E-state index in [4.69, 9.17) is 9.15 Å². The average Bonchev–Trinajstić information content (AvgIpc) is 2.94. The third-order valence-corrected chi connectivity index (χ3v) is 2.75. The van der Waals surface area contributed by atoms with E-state index in [1.165, 1.54) is 0 Å². The van der Waals surface area contributed by atoms with Gasteiger partial charge in [0.05, 0.1) is 19.1 Å². The molecule has 1 heterocycles. The molecule has 0 saturated heterocycles. The number of hydrogen-bond donors (Lipinski definition) is 1. The van der Waals surface area contributed by atoms with Crippen LogP contribution in [0, 0.1) is 0 Å². The van der Waals surface area contributed by atoms with Crippen molar-refractivity contribution in [3.05, 3.63) is 60.1 Å². The van der Waals surface area contributed by atoms with Crippen molar-refractivity contribution < 1.29 is 13.9 Å². The van der Waals surface area contributed by atoms with E-state index in [1.807, 2.05) is 36.4 Å². The molecule has 2 aromatic rings. The minimum Gasteiger partial charge on any atom is -0.472 e. The van der Waals surface area contributed by atoms with Gasteiger partial charge in [0.25, 0.3) is 0 Å². The highest BCUT2D eigenvalue weighted by Gasteiger charge is 2.21. The van der Waals surface area contributed by atoms with Gasteiger partial charge in [-0.2, -0.15) is 0 Å². The number of nitrogens with one attached hydrogen (secondary N) is 1. The van der Waals surface area contributed by atoms with Gasteiger partial charge >= 0.3 is 5.97 Å². The topological polar surface area (TPSA) is 51.5 Å². The lowest BCUT2D eigenvalue weighted by Crippen LogP contribution is -2.29.